The molecule has 0 saturated carbocycles. The summed E-state index contributed by atoms with van der Waals surface area (Å²) in [6, 6.07) is 14.2. The van der Waals surface area contributed by atoms with E-state index in [0.29, 0.717) is 13.1 Å². The van der Waals surface area contributed by atoms with Gasteiger partial charge in [-0.15, -0.1) is 0 Å². The monoisotopic (exact) mass is 329 g/mol. The van der Waals surface area contributed by atoms with Crippen LogP contribution in [0.25, 0.3) is 0 Å². The summed E-state index contributed by atoms with van der Waals surface area (Å²) in [5.74, 6) is 0.227. The molecular weight excluding hydrogens is 307 g/mol. The van der Waals surface area contributed by atoms with Crippen molar-refractivity contribution in [3.63, 3.8) is 0 Å². The van der Waals surface area contributed by atoms with Gasteiger partial charge in [0.25, 0.3) is 5.91 Å². The first kappa shape index (κ1) is 16.5. The van der Waals surface area contributed by atoms with E-state index in [1.54, 1.807) is 30.2 Å². The summed E-state index contributed by atoms with van der Waals surface area (Å²) >= 11 is 0. The van der Waals surface area contributed by atoms with Crippen LogP contribution in [0.2, 0.25) is 0 Å². The molecular formula is C19H22FN2O2+. The number of carbonyl (C=O) groups is 1. The number of benzene rings is 2. The van der Waals surface area contributed by atoms with Crippen molar-refractivity contribution in [3.8, 4) is 5.75 Å². The zero-order valence-electron chi connectivity index (χ0n) is 13.8. The van der Waals surface area contributed by atoms with E-state index >= 15 is 0 Å². The summed E-state index contributed by atoms with van der Waals surface area (Å²) in [5, 5.41) is 0. The fraction of sp³-hybridized carbons (Fsp3) is 0.316. The number of quaternary nitrogens is 1. The number of hydrogen-bond donors (Lipinski definition) is 1. The van der Waals surface area contributed by atoms with Gasteiger partial charge in [-0.1, -0.05) is 24.3 Å². The lowest BCUT2D eigenvalue weighted by Gasteiger charge is -2.32. The molecule has 1 saturated heterocycles. The number of methoxy groups -OCH3 is 1. The van der Waals surface area contributed by atoms with Crippen LogP contribution in [-0.4, -0.2) is 44.1 Å². The number of nitrogens with zero attached hydrogens (tertiary/aromatic N) is 1. The molecule has 1 fully saturated rings. The topological polar surface area (TPSA) is 34.0 Å². The highest BCUT2D eigenvalue weighted by atomic mass is 19.1. The van der Waals surface area contributed by atoms with Gasteiger partial charge >= 0.3 is 0 Å². The maximum absolute atomic E-state index is 13.8. The van der Waals surface area contributed by atoms with E-state index in [0.717, 1.165) is 25.4 Å². The Labute approximate surface area is 141 Å². The van der Waals surface area contributed by atoms with Crippen LogP contribution in [0.3, 0.4) is 0 Å². The Balaban J connectivity index is 1.60. The van der Waals surface area contributed by atoms with Crippen LogP contribution in [-0.2, 0) is 6.54 Å². The smallest absolute Gasteiger partial charge is 0.257 e. The van der Waals surface area contributed by atoms with Gasteiger partial charge in [-0.2, -0.15) is 0 Å². The Hall–Kier alpha value is -2.40. The molecule has 4 nitrogen and oxygen atoms in total. The normalized spacial score (nSPS) is 15.3. The van der Waals surface area contributed by atoms with Crippen LogP contribution in [0, 0.1) is 5.82 Å². The highest BCUT2D eigenvalue weighted by Crippen LogP contribution is 2.16. The summed E-state index contributed by atoms with van der Waals surface area (Å²) in [6.07, 6.45) is 0. The van der Waals surface area contributed by atoms with Crippen LogP contribution in [0.5, 0.6) is 5.75 Å². The van der Waals surface area contributed by atoms with Crippen molar-refractivity contribution in [1.82, 2.24) is 4.90 Å². The van der Waals surface area contributed by atoms with E-state index in [-0.39, 0.29) is 11.5 Å². The van der Waals surface area contributed by atoms with Gasteiger partial charge in [-0.25, -0.2) is 4.39 Å². The molecule has 1 aliphatic heterocycles. The minimum atomic E-state index is -0.453. The first-order valence-corrected chi connectivity index (χ1v) is 8.18. The van der Waals surface area contributed by atoms with Crippen LogP contribution in [0.15, 0.2) is 48.5 Å². The number of carbonyl (C=O) groups excluding carboxylic acids is 1. The van der Waals surface area contributed by atoms with E-state index < -0.39 is 5.82 Å². The zero-order valence-corrected chi connectivity index (χ0v) is 13.8. The molecule has 5 heteroatoms. The molecule has 0 bridgehead atoms. The largest absolute Gasteiger partial charge is 0.496 e. The van der Waals surface area contributed by atoms with Crippen molar-refractivity contribution in [2.75, 3.05) is 33.3 Å². The van der Waals surface area contributed by atoms with E-state index in [1.165, 1.54) is 16.5 Å². The van der Waals surface area contributed by atoms with Gasteiger partial charge in [-0.3, -0.25) is 4.79 Å². The lowest BCUT2D eigenvalue weighted by atomic mass is 10.1. The highest BCUT2D eigenvalue weighted by molar-refractivity contribution is 5.94. The number of halogens is 1. The Kier molecular flexibility index (Phi) is 5.11. The average Bonchev–Trinajstić information content (AvgIpc) is 2.63. The van der Waals surface area contributed by atoms with Crippen LogP contribution >= 0.6 is 0 Å². The maximum Gasteiger partial charge on any atom is 0.257 e. The van der Waals surface area contributed by atoms with Crippen molar-refractivity contribution in [3.05, 3.63) is 65.5 Å². The molecule has 3 rings (SSSR count). The summed E-state index contributed by atoms with van der Waals surface area (Å²) < 4.78 is 19.2. The van der Waals surface area contributed by atoms with Crippen LogP contribution < -0.4 is 9.64 Å². The van der Waals surface area contributed by atoms with Gasteiger partial charge in [0.15, 0.2) is 0 Å². The number of piperazine rings is 1. The first-order chi connectivity index (χ1) is 11.7. The van der Waals surface area contributed by atoms with E-state index in [2.05, 4.69) is 6.07 Å². The Morgan fingerprint density at radius 3 is 2.50 bits per heavy atom. The molecule has 0 spiro atoms. The van der Waals surface area contributed by atoms with Gasteiger partial charge in [-0.05, 0) is 24.3 Å². The molecule has 0 atom stereocenters. The summed E-state index contributed by atoms with van der Waals surface area (Å²) in [6.45, 7) is 3.83. The average molecular weight is 329 g/mol. The molecule has 1 N–H and O–H groups in total. The third-order valence-corrected chi connectivity index (χ3v) is 4.50. The maximum atomic E-state index is 13.8. The minimum Gasteiger partial charge on any atom is -0.496 e. The van der Waals surface area contributed by atoms with Gasteiger partial charge < -0.3 is 14.5 Å². The molecule has 0 unspecified atom stereocenters. The number of hydrogen-bond acceptors (Lipinski definition) is 2. The molecule has 2 aromatic rings. The van der Waals surface area contributed by atoms with Crippen molar-refractivity contribution in [1.29, 1.82) is 0 Å². The molecule has 0 aromatic heterocycles. The summed E-state index contributed by atoms with van der Waals surface area (Å²) in [4.78, 5) is 15.6. The SMILES string of the molecule is COc1ccccc1C[NH+]1CCN(C(=O)c2ccccc2F)CC1. The first-order valence-electron chi connectivity index (χ1n) is 8.18. The molecule has 0 radical (unpaired) electrons. The molecule has 2 aromatic carbocycles. The van der Waals surface area contributed by atoms with E-state index in [1.807, 2.05) is 18.2 Å². The number of amides is 1. The second-order valence-corrected chi connectivity index (χ2v) is 6.01. The van der Waals surface area contributed by atoms with Crippen molar-refractivity contribution < 1.29 is 18.8 Å². The predicted molar refractivity (Wildman–Crippen MR) is 89.7 cm³/mol. The van der Waals surface area contributed by atoms with E-state index in [9.17, 15) is 9.18 Å². The lowest BCUT2D eigenvalue weighted by Crippen LogP contribution is -3.13. The van der Waals surface area contributed by atoms with Gasteiger partial charge in [0, 0.05) is 5.56 Å². The molecule has 126 valence electrons. The standard InChI is InChI=1S/C19H21FN2O2/c1-24-18-9-5-2-6-15(18)14-21-10-12-22(13-11-21)19(23)16-7-3-4-8-17(16)20/h2-9H,10-14H2,1H3/p+1. The Morgan fingerprint density at radius 1 is 1.12 bits per heavy atom. The number of ether oxygens (including phenoxy) is 1. The van der Waals surface area contributed by atoms with Crippen molar-refractivity contribution in [2.24, 2.45) is 0 Å². The van der Waals surface area contributed by atoms with Crippen LogP contribution in [0.4, 0.5) is 4.39 Å². The zero-order chi connectivity index (χ0) is 16.9. The van der Waals surface area contributed by atoms with Gasteiger partial charge in [0.1, 0.15) is 18.1 Å². The Bertz CT molecular complexity index is 712. The predicted octanol–water partition coefficient (Wildman–Crippen LogP) is 1.38. The number of para-hydroxylation sites is 1. The summed E-state index contributed by atoms with van der Waals surface area (Å²) in [5.41, 5.74) is 1.33. The van der Waals surface area contributed by atoms with Crippen molar-refractivity contribution >= 4 is 5.91 Å². The number of nitrogens with one attached hydrogen (secondary N) is 1. The third kappa shape index (κ3) is 3.57. The van der Waals surface area contributed by atoms with Gasteiger partial charge in [0.05, 0.1) is 38.9 Å². The highest BCUT2D eigenvalue weighted by Gasteiger charge is 2.26. The molecule has 0 aliphatic carbocycles. The second kappa shape index (κ2) is 7.45. The Morgan fingerprint density at radius 2 is 1.79 bits per heavy atom. The van der Waals surface area contributed by atoms with Crippen molar-refractivity contribution in [2.45, 2.75) is 6.54 Å². The molecule has 1 heterocycles. The third-order valence-electron chi connectivity index (χ3n) is 4.50. The fourth-order valence-electron chi connectivity index (χ4n) is 3.13. The summed E-state index contributed by atoms with van der Waals surface area (Å²) in [7, 11) is 1.68. The van der Waals surface area contributed by atoms with Crippen LogP contribution in [0.1, 0.15) is 15.9 Å². The lowest BCUT2D eigenvalue weighted by molar-refractivity contribution is -0.917. The molecule has 24 heavy (non-hydrogen) atoms. The quantitative estimate of drug-likeness (QED) is 0.919. The molecule has 1 aliphatic rings. The fourth-order valence-corrected chi connectivity index (χ4v) is 3.13. The number of rotatable bonds is 4. The second-order valence-electron chi connectivity index (χ2n) is 6.01. The van der Waals surface area contributed by atoms with E-state index in [4.69, 9.17) is 4.74 Å². The molecule has 1 amide bonds. The van der Waals surface area contributed by atoms with Gasteiger partial charge in [0.2, 0.25) is 0 Å². The minimum absolute atomic E-state index is 0.158.